The van der Waals surface area contributed by atoms with Crippen LogP contribution in [0.25, 0.3) is 0 Å². The van der Waals surface area contributed by atoms with Crippen LogP contribution in [0.15, 0.2) is 29.3 Å². The maximum Gasteiger partial charge on any atom is 0.191 e. The van der Waals surface area contributed by atoms with Crippen molar-refractivity contribution in [1.82, 2.24) is 10.6 Å². The minimum atomic E-state index is -0.254. The number of nitrogens with one attached hydrogen (secondary N) is 2. The van der Waals surface area contributed by atoms with Gasteiger partial charge in [0.05, 0.1) is 6.54 Å². The van der Waals surface area contributed by atoms with Gasteiger partial charge in [-0.25, -0.2) is 4.39 Å². The quantitative estimate of drug-likeness (QED) is 0.269. The molecule has 5 nitrogen and oxygen atoms in total. The van der Waals surface area contributed by atoms with Gasteiger partial charge in [0.25, 0.3) is 0 Å². The lowest BCUT2D eigenvalue weighted by Gasteiger charge is -2.16. The zero-order chi connectivity index (χ0) is 16.2. The van der Waals surface area contributed by atoms with Crippen LogP contribution in [-0.4, -0.2) is 46.4 Å². The SMILES string of the molecule is CCNC(=NCC(OC)c1ccc(F)cc1)NCCCOC.I. The minimum Gasteiger partial charge on any atom is -0.385 e. The van der Waals surface area contributed by atoms with E-state index in [1.807, 2.05) is 6.92 Å². The first-order valence-corrected chi connectivity index (χ1v) is 7.50. The lowest BCUT2D eigenvalue weighted by Crippen LogP contribution is -2.38. The molecule has 2 N–H and O–H groups in total. The number of guanidine groups is 1. The fourth-order valence-electron chi connectivity index (χ4n) is 1.93. The molecule has 1 rings (SSSR count). The van der Waals surface area contributed by atoms with Crippen molar-refractivity contribution >= 4 is 29.9 Å². The number of hydrogen-bond donors (Lipinski definition) is 2. The van der Waals surface area contributed by atoms with Crippen LogP contribution in [0.5, 0.6) is 0 Å². The summed E-state index contributed by atoms with van der Waals surface area (Å²) in [6, 6.07) is 6.30. The zero-order valence-corrected chi connectivity index (χ0v) is 16.3. The lowest BCUT2D eigenvalue weighted by molar-refractivity contribution is 0.111. The Labute approximate surface area is 155 Å². The van der Waals surface area contributed by atoms with Gasteiger partial charge in [0.15, 0.2) is 5.96 Å². The summed E-state index contributed by atoms with van der Waals surface area (Å²) >= 11 is 0. The Morgan fingerprint density at radius 2 is 1.91 bits per heavy atom. The summed E-state index contributed by atoms with van der Waals surface area (Å²) in [6.07, 6.45) is 0.710. The fourth-order valence-corrected chi connectivity index (χ4v) is 1.93. The molecule has 0 fully saturated rings. The van der Waals surface area contributed by atoms with E-state index in [1.165, 1.54) is 12.1 Å². The summed E-state index contributed by atoms with van der Waals surface area (Å²) in [6.45, 7) is 4.75. The number of benzene rings is 1. The summed E-state index contributed by atoms with van der Waals surface area (Å²) in [4.78, 5) is 4.52. The molecule has 0 spiro atoms. The lowest BCUT2D eigenvalue weighted by atomic mass is 10.1. The Hall–Kier alpha value is -0.930. The molecule has 0 saturated carbocycles. The Morgan fingerprint density at radius 3 is 2.48 bits per heavy atom. The van der Waals surface area contributed by atoms with Crippen LogP contribution in [0.1, 0.15) is 25.0 Å². The topological polar surface area (TPSA) is 54.9 Å². The van der Waals surface area contributed by atoms with E-state index in [9.17, 15) is 4.39 Å². The zero-order valence-electron chi connectivity index (χ0n) is 14.0. The molecule has 0 aliphatic heterocycles. The normalized spacial score (nSPS) is 12.4. The second-order valence-electron chi connectivity index (χ2n) is 4.77. The van der Waals surface area contributed by atoms with Crippen molar-refractivity contribution in [3.8, 4) is 0 Å². The van der Waals surface area contributed by atoms with Gasteiger partial charge < -0.3 is 20.1 Å². The van der Waals surface area contributed by atoms with Gasteiger partial charge in [0.1, 0.15) is 11.9 Å². The number of hydrogen-bond acceptors (Lipinski definition) is 3. The van der Waals surface area contributed by atoms with Crippen LogP contribution in [0, 0.1) is 5.82 Å². The molecule has 0 radical (unpaired) electrons. The summed E-state index contributed by atoms with van der Waals surface area (Å²) in [5.74, 6) is 0.484. The highest BCUT2D eigenvalue weighted by Gasteiger charge is 2.10. The first kappa shape index (κ1) is 22.1. The summed E-state index contributed by atoms with van der Waals surface area (Å²) in [5, 5.41) is 6.42. The van der Waals surface area contributed by atoms with Gasteiger partial charge in [0, 0.05) is 33.9 Å². The predicted octanol–water partition coefficient (Wildman–Crippen LogP) is 2.72. The number of methoxy groups -OCH3 is 2. The van der Waals surface area contributed by atoms with Crippen molar-refractivity contribution in [3.05, 3.63) is 35.6 Å². The summed E-state index contributed by atoms with van der Waals surface area (Å²) in [5.41, 5.74) is 0.905. The molecule has 0 heterocycles. The van der Waals surface area contributed by atoms with Crippen molar-refractivity contribution in [1.29, 1.82) is 0 Å². The van der Waals surface area contributed by atoms with Gasteiger partial charge in [-0.15, -0.1) is 24.0 Å². The van der Waals surface area contributed by atoms with Crippen molar-refractivity contribution in [2.75, 3.05) is 40.5 Å². The van der Waals surface area contributed by atoms with Gasteiger partial charge >= 0.3 is 0 Å². The van der Waals surface area contributed by atoms with Crippen LogP contribution in [0.3, 0.4) is 0 Å². The highest BCUT2D eigenvalue weighted by molar-refractivity contribution is 14.0. The number of ether oxygens (including phenoxy) is 2. The molecule has 1 unspecified atom stereocenters. The monoisotopic (exact) mass is 439 g/mol. The van der Waals surface area contributed by atoms with Crippen molar-refractivity contribution in [2.24, 2.45) is 4.99 Å². The average Bonchev–Trinajstić information content (AvgIpc) is 2.53. The first-order chi connectivity index (χ1) is 10.7. The van der Waals surface area contributed by atoms with Crippen LogP contribution >= 0.6 is 24.0 Å². The van der Waals surface area contributed by atoms with Crippen LogP contribution in [-0.2, 0) is 9.47 Å². The fraction of sp³-hybridized carbons (Fsp3) is 0.562. The molecule has 7 heteroatoms. The molecule has 0 aromatic heterocycles. The Morgan fingerprint density at radius 1 is 1.22 bits per heavy atom. The van der Waals surface area contributed by atoms with E-state index in [1.54, 1.807) is 26.4 Å². The molecule has 0 bridgehead atoms. The largest absolute Gasteiger partial charge is 0.385 e. The van der Waals surface area contributed by atoms with Gasteiger partial charge in [-0.05, 0) is 31.0 Å². The molecular formula is C16H27FIN3O2. The van der Waals surface area contributed by atoms with E-state index in [-0.39, 0.29) is 35.9 Å². The molecule has 1 atom stereocenters. The van der Waals surface area contributed by atoms with Gasteiger partial charge in [-0.1, -0.05) is 12.1 Å². The number of halogens is 2. The molecule has 1 aromatic rings. The van der Waals surface area contributed by atoms with Crippen LogP contribution < -0.4 is 10.6 Å². The second kappa shape index (κ2) is 13.5. The molecule has 23 heavy (non-hydrogen) atoms. The minimum absolute atomic E-state index is 0. The molecule has 0 amide bonds. The Balaban J connectivity index is 0.00000484. The molecule has 1 aromatic carbocycles. The smallest absolute Gasteiger partial charge is 0.191 e. The third kappa shape index (κ3) is 9.07. The highest BCUT2D eigenvalue weighted by Crippen LogP contribution is 2.17. The van der Waals surface area contributed by atoms with Crippen LogP contribution in [0.4, 0.5) is 4.39 Å². The van der Waals surface area contributed by atoms with E-state index in [0.717, 1.165) is 31.0 Å². The maximum absolute atomic E-state index is 13.0. The summed E-state index contributed by atoms with van der Waals surface area (Å²) < 4.78 is 23.4. The number of aliphatic imine (C=N–C) groups is 1. The third-order valence-corrected chi connectivity index (χ3v) is 3.10. The van der Waals surface area contributed by atoms with E-state index in [0.29, 0.717) is 13.2 Å². The van der Waals surface area contributed by atoms with E-state index >= 15 is 0 Å². The maximum atomic E-state index is 13.0. The standard InChI is InChI=1S/C16H26FN3O2.HI/c1-4-18-16(19-10-5-11-21-2)20-12-15(22-3)13-6-8-14(17)9-7-13;/h6-9,15H,4-5,10-12H2,1-3H3,(H2,18,19,20);1H. The second-order valence-corrected chi connectivity index (χ2v) is 4.77. The van der Waals surface area contributed by atoms with E-state index in [2.05, 4.69) is 15.6 Å². The third-order valence-electron chi connectivity index (χ3n) is 3.10. The predicted molar refractivity (Wildman–Crippen MR) is 102 cm³/mol. The first-order valence-electron chi connectivity index (χ1n) is 7.50. The van der Waals surface area contributed by atoms with E-state index < -0.39 is 0 Å². The number of rotatable bonds is 9. The summed E-state index contributed by atoms with van der Waals surface area (Å²) in [7, 11) is 3.31. The highest BCUT2D eigenvalue weighted by atomic mass is 127. The van der Waals surface area contributed by atoms with Crippen molar-refractivity contribution < 1.29 is 13.9 Å². The van der Waals surface area contributed by atoms with Gasteiger partial charge in [0.2, 0.25) is 0 Å². The van der Waals surface area contributed by atoms with Crippen molar-refractivity contribution in [3.63, 3.8) is 0 Å². The van der Waals surface area contributed by atoms with Crippen LogP contribution in [0.2, 0.25) is 0 Å². The molecule has 132 valence electrons. The molecule has 0 saturated heterocycles. The molecule has 0 aliphatic carbocycles. The molecule has 0 aliphatic rings. The van der Waals surface area contributed by atoms with E-state index in [4.69, 9.17) is 9.47 Å². The molecular weight excluding hydrogens is 412 g/mol. The average molecular weight is 439 g/mol. The number of nitrogens with zero attached hydrogens (tertiary/aromatic N) is 1. The Bertz CT molecular complexity index is 443. The Kier molecular flexibility index (Phi) is 13.0. The van der Waals surface area contributed by atoms with Gasteiger partial charge in [-0.3, -0.25) is 4.99 Å². The van der Waals surface area contributed by atoms with Crippen molar-refractivity contribution in [2.45, 2.75) is 19.4 Å². The van der Waals surface area contributed by atoms with Gasteiger partial charge in [-0.2, -0.15) is 0 Å².